The van der Waals surface area contributed by atoms with Crippen molar-refractivity contribution in [2.45, 2.75) is 12.5 Å². The van der Waals surface area contributed by atoms with Crippen LogP contribution in [0.3, 0.4) is 0 Å². The lowest BCUT2D eigenvalue weighted by molar-refractivity contribution is -0.274. The molecule has 156 valence electrons. The Labute approximate surface area is 161 Å². The van der Waals surface area contributed by atoms with Crippen molar-refractivity contribution in [1.82, 2.24) is 10.6 Å². The summed E-state index contributed by atoms with van der Waals surface area (Å²) in [5.41, 5.74) is -0.224. The molecular formula is C18H15F5N2O4. The largest absolute Gasteiger partial charge is 0.573 e. The summed E-state index contributed by atoms with van der Waals surface area (Å²) < 4.78 is 66.3. The van der Waals surface area contributed by atoms with Gasteiger partial charge >= 0.3 is 6.36 Å². The minimum Gasteiger partial charge on any atom is -0.406 e. The van der Waals surface area contributed by atoms with Crippen LogP contribution in [0.2, 0.25) is 0 Å². The van der Waals surface area contributed by atoms with Crippen LogP contribution in [0, 0.1) is 11.6 Å². The molecule has 0 aliphatic rings. The van der Waals surface area contributed by atoms with Crippen molar-refractivity contribution in [2.24, 2.45) is 0 Å². The van der Waals surface area contributed by atoms with E-state index in [-0.39, 0.29) is 12.1 Å². The molecule has 2 amide bonds. The van der Waals surface area contributed by atoms with Gasteiger partial charge in [-0.3, -0.25) is 9.59 Å². The zero-order chi connectivity index (χ0) is 21.6. The number of aliphatic hydroxyl groups is 1. The number of amides is 2. The molecule has 2 aromatic rings. The van der Waals surface area contributed by atoms with E-state index in [2.05, 4.69) is 15.4 Å². The third kappa shape index (κ3) is 7.03. The van der Waals surface area contributed by atoms with Gasteiger partial charge in [0.1, 0.15) is 17.4 Å². The first-order chi connectivity index (χ1) is 13.5. The minimum absolute atomic E-state index is 0.220. The number of carbonyl (C=O) groups is 2. The molecule has 0 heterocycles. The molecule has 29 heavy (non-hydrogen) atoms. The molecule has 1 atom stereocenters. The van der Waals surface area contributed by atoms with Crippen LogP contribution in [-0.2, 0) is 4.79 Å². The zero-order valence-corrected chi connectivity index (χ0v) is 14.6. The summed E-state index contributed by atoms with van der Waals surface area (Å²) in [6, 6.07) is 6.73. The van der Waals surface area contributed by atoms with Gasteiger partial charge in [-0.1, -0.05) is 12.1 Å². The first-order valence-electron chi connectivity index (χ1n) is 8.09. The van der Waals surface area contributed by atoms with Crippen LogP contribution < -0.4 is 15.4 Å². The summed E-state index contributed by atoms with van der Waals surface area (Å²) in [7, 11) is 0. The normalized spacial score (nSPS) is 12.2. The lowest BCUT2D eigenvalue weighted by Gasteiger charge is -2.14. The molecule has 0 fully saturated rings. The summed E-state index contributed by atoms with van der Waals surface area (Å²) in [6.07, 6.45) is -6.07. The van der Waals surface area contributed by atoms with Crippen LogP contribution in [0.15, 0.2) is 42.5 Å². The van der Waals surface area contributed by atoms with Crippen LogP contribution in [-0.4, -0.2) is 36.4 Å². The van der Waals surface area contributed by atoms with Gasteiger partial charge in [0, 0.05) is 12.6 Å². The van der Waals surface area contributed by atoms with E-state index in [1.54, 1.807) is 0 Å². The Balaban J connectivity index is 1.80. The third-order valence-corrected chi connectivity index (χ3v) is 3.58. The maximum absolute atomic E-state index is 13.5. The monoisotopic (exact) mass is 418 g/mol. The van der Waals surface area contributed by atoms with Crippen LogP contribution in [0.5, 0.6) is 5.75 Å². The molecule has 11 heteroatoms. The Morgan fingerprint density at radius 2 is 1.69 bits per heavy atom. The van der Waals surface area contributed by atoms with Gasteiger partial charge in [0.2, 0.25) is 5.91 Å². The molecule has 0 saturated heterocycles. The van der Waals surface area contributed by atoms with Crippen molar-refractivity contribution in [2.75, 3.05) is 13.1 Å². The first-order valence-corrected chi connectivity index (χ1v) is 8.09. The number of halogens is 5. The van der Waals surface area contributed by atoms with Gasteiger partial charge in [0.15, 0.2) is 0 Å². The van der Waals surface area contributed by atoms with Crippen LogP contribution in [0.1, 0.15) is 22.0 Å². The van der Waals surface area contributed by atoms with Gasteiger partial charge in [-0.15, -0.1) is 13.2 Å². The van der Waals surface area contributed by atoms with Crippen LogP contribution >= 0.6 is 0 Å². The van der Waals surface area contributed by atoms with E-state index in [9.17, 15) is 36.6 Å². The van der Waals surface area contributed by atoms with Crippen molar-refractivity contribution in [3.05, 3.63) is 65.2 Å². The fourth-order valence-electron chi connectivity index (χ4n) is 2.21. The fourth-order valence-corrected chi connectivity index (χ4v) is 2.21. The highest BCUT2D eigenvalue weighted by atomic mass is 19.4. The average Bonchev–Trinajstić information content (AvgIpc) is 2.63. The maximum Gasteiger partial charge on any atom is 0.573 e. The Morgan fingerprint density at radius 1 is 1.03 bits per heavy atom. The fraction of sp³-hybridized carbons (Fsp3) is 0.222. The number of hydrogen-bond donors (Lipinski definition) is 3. The molecule has 0 aliphatic carbocycles. The highest BCUT2D eigenvalue weighted by molar-refractivity contribution is 5.96. The Hall–Kier alpha value is -3.21. The van der Waals surface area contributed by atoms with E-state index in [4.69, 9.17) is 0 Å². The second-order valence-electron chi connectivity index (χ2n) is 5.74. The van der Waals surface area contributed by atoms with Crippen molar-refractivity contribution in [3.8, 4) is 5.75 Å². The number of benzene rings is 2. The first kappa shape index (κ1) is 22.1. The second-order valence-corrected chi connectivity index (χ2v) is 5.74. The van der Waals surface area contributed by atoms with Gasteiger partial charge in [-0.25, -0.2) is 8.78 Å². The SMILES string of the molecule is O=C(CNC(=O)c1ccc(F)cc1F)NCC(O)c1ccc(OC(F)(F)F)cc1. The van der Waals surface area contributed by atoms with Gasteiger partial charge in [-0.2, -0.15) is 0 Å². The van der Waals surface area contributed by atoms with E-state index < -0.39 is 53.8 Å². The number of aliphatic hydroxyl groups excluding tert-OH is 1. The van der Waals surface area contributed by atoms with Crippen molar-refractivity contribution in [1.29, 1.82) is 0 Å². The molecule has 0 radical (unpaired) electrons. The molecule has 0 spiro atoms. The standard InChI is InChI=1S/C18H15F5N2O4/c19-11-3-6-13(14(20)7-11)17(28)25-9-16(27)24-8-15(26)10-1-4-12(5-2-10)29-18(21,22)23/h1-7,15,26H,8-9H2,(H,24,27)(H,25,28). The number of ether oxygens (including phenoxy) is 1. The Kier molecular flexibility index (Phi) is 7.10. The molecule has 1 unspecified atom stereocenters. The third-order valence-electron chi connectivity index (χ3n) is 3.58. The maximum atomic E-state index is 13.5. The summed E-state index contributed by atoms with van der Waals surface area (Å²) in [4.78, 5) is 23.5. The van der Waals surface area contributed by atoms with Gasteiger partial charge < -0.3 is 20.5 Å². The lowest BCUT2D eigenvalue weighted by Crippen LogP contribution is -2.38. The molecule has 0 aliphatic heterocycles. The van der Waals surface area contributed by atoms with Gasteiger partial charge in [0.25, 0.3) is 5.91 Å². The van der Waals surface area contributed by atoms with Crippen LogP contribution in [0.4, 0.5) is 22.0 Å². The predicted molar refractivity (Wildman–Crippen MR) is 89.8 cm³/mol. The smallest absolute Gasteiger partial charge is 0.406 e. The zero-order valence-electron chi connectivity index (χ0n) is 14.6. The number of carbonyl (C=O) groups excluding carboxylic acids is 2. The van der Waals surface area contributed by atoms with Gasteiger partial charge in [-0.05, 0) is 29.8 Å². The topological polar surface area (TPSA) is 87.7 Å². The van der Waals surface area contributed by atoms with E-state index in [0.29, 0.717) is 6.07 Å². The number of rotatable bonds is 7. The molecule has 2 aromatic carbocycles. The molecule has 0 saturated carbocycles. The van der Waals surface area contributed by atoms with E-state index in [1.165, 1.54) is 12.1 Å². The second kappa shape index (κ2) is 9.32. The van der Waals surface area contributed by atoms with Crippen molar-refractivity contribution < 1.29 is 41.4 Å². The van der Waals surface area contributed by atoms with Crippen LogP contribution in [0.25, 0.3) is 0 Å². The predicted octanol–water partition coefficient (Wildman–Crippen LogP) is 2.44. The summed E-state index contributed by atoms with van der Waals surface area (Å²) >= 11 is 0. The van der Waals surface area contributed by atoms with Crippen molar-refractivity contribution >= 4 is 11.8 Å². The number of nitrogens with one attached hydrogen (secondary N) is 2. The molecule has 6 nitrogen and oxygen atoms in total. The van der Waals surface area contributed by atoms with E-state index in [1.807, 2.05) is 0 Å². The van der Waals surface area contributed by atoms with E-state index >= 15 is 0 Å². The quantitative estimate of drug-likeness (QED) is 0.603. The molecule has 3 N–H and O–H groups in total. The minimum atomic E-state index is -4.84. The van der Waals surface area contributed by atoms with Crippen molar-refractivity contribution in [3.63, 3.8) is 0 Å². The lowest BCUT2D eigenvalue weighted by atomic mass is 10.1. The summed E-state index contributed by atoms with van der Waals surface area (Å²) in [5, 5.41) is 14.4. The summed E-state index contributed by atoms with van der Waals surface area (Å²) in [5.74, 6) is -4.05. The number of alkyl halides is 3. The molecule has 0 bridgehead atoms. The highest BCUT2D eigenvalue weighted by Gasteiger charge is 2.31. The van der Waals surface area contributed by atoms with E-state index in [0.717, 1.165) is 24.3 Å². The molecule has 2 rings (SSSR count). The molecular weight excluding hydrogens is 403 g/mol. The highest BCUT2D eigenvalue weighted by Crippen LogP contribution is 2.24. The van der Waals surface area contributed by atoms with Gasteiger partial charge in [0.05, 0.1) is 18.2 Å². The molecule has 0 aromatic heterocycles. The number of hydrogen-bond acceptors (Lipinski definition) is 4. The Bertz CT molecular complexity index is 872. The average molecular weight is 418 g/mol. The Morgan fingerprint density at radius 3 is 2.28 bits per heavy atom. The summed E-state index contributed by atoms with van der Waals surface area (Å²) in [6.45, 7) is -0.834.